The van der Waals surface area contributed by atoms with Gasteiger partial charge in [-0.1, -0.05) is 30.3 Å². The van der Waals surface area contributed by atoms with Crippen LogP contribution in [-0.2, 0) is 22.3 Å². The normalized spacial score (nSPS) is 16.8. The minimum absolute atomic E-state index is 0.00893. The van der Waals surface area contributed by atoms with Crippen molar-refractivity contribution in [3.05, 3.63) is 81.0 Å². The molecule has 3 N–H and O–H groups in total. The number of nitrogens with one attached hydrogen (secondary N) is 2. The van der Waals surface area contributed by atoms with Crippen molar-refractivity contribution in [3.63, 3.8) is 0 Å². The van der Waals surface area contributed by atoms with Crippen LogP contribution in [0.25, 0.3) is 11.1 Å². The van der Waals surface area contributed by atoms with E-state index in [9.17, 15) is 27.6 Å². The fraction of sp³-hybridized carbons (Fsp3) is 0.387. The number of carboxylic acid groups (broad SMARTS) is 1. The monoisotopic (exact) mass is 615 g/mol. The molecule has 2 aliphatic heterocycles. The molecule has 12 heteroatoms. The van der Waals surface area contributed by atoms with Gasteiger partial charge in [0.1, 0.15) is 0 Å². The van der Waals surface area contributed by atoms with Gasteiger partial charge in [0.25, 0.3) is 5.91 Å². The summed E-state index contributed by atoms with van der Waals surface area (Å²) in [4.78, 5) is 39.0. The number of nitrogens with zero attached hydrogens (tertiary/aromatic N) is 1. The number of amides is 3. The Bertz CT molecular complexity index is 1480. The molecule has 8 nitrogen and oxygen atoms in total. The minimum Gasteiger partial charge on any atom is -0.465 e. The van der Waals surface area contributed by atoms with E-state index in [0.717, 1.165) is 36.1 Å². The van der Waals surface area contributed by atoms with Crippen LogP contribution in [0.5, 0.6) is 0 Å². The summed E-state index contributed by atoms with van der Waals surface area (Å²) in [6.07, 6.45) is -4.13. The van der Waals surface area contributed by atoms with Crippen molar-refractivity contribution in [1.29, 1.82) is 0 Å². The third-order valence-corrected chi connectivity index (χ3v) is 8.99. The van der Waals surface area contributed by atoms with Gasteiger partial charge in [0.15, 0.2) is 0 Å². The van der Waals surface area contributed by atoms with Crippen molar-refractivity contribution in [1.82, 2.24) is 15.5 Å². The highest BCUT2D eigenvalue weighted by Gasteiger charge is 2.33. The number of likely N-dealkylation sites (tertiary alicyclic amines) is 1. The number of rotatable bonds is 8. The number of halogens is 3. The molecule has 0 aliphatic carbocycles. The number of hydrogen-bond acceptors (Lipinski definition) is 5. The second-order valence-corrected chi connectivity index (χ2v) is 11.8. The molecule has 0 radical (unpaired) electrons. The van der Waals surface area contributed by atoms with Gasteiger partial charge in [-0.2, -0.15) is 13.2 Å². The summed E-state index contributed by atoms with van der Waals surface area (Å²) in [7, 11) is 0. The number of benzene rings is 2. The number of carbonyl (C=O) groups excluding carboxylic acids is 2. The van der Waals surface area contributed by atoms with Crippen LogP contribution in [-0.4, -0.2) is 54.2 Å². The number of hydrogen-bond donors (Lipinski definition) is 3. The van der Waals surface area contributed by atoms with Crippen LogP contribution in [0.1, 0.15) is 63.7 Å². The van der Waals surface area contributed by atoms with Gasteiger partial charge in [0.2, 0.25) is 5.91 Å². The van der Waals surface area contributed by atoms with Gasteiger partial charge < -0.3 is 25.4 Å². The van der Waals surface area contributed by atoms with E-state index in [0.29, 0.717) is 42.3 Å². The van der Waals surface area contributed by atoms with Crippen LogP contribution in [0.2, 0.25) is 0 Å². The first-order valence-corrected chi connectivity index (χ1v) is 14.9. The van der Waals surface area contributed by atoms with E-state index in [1.807, 2.05) is 23.3 Å². The Morgan fingerprint density at radius 3 is 2.37 bits per heavy atom. The highest BCUT2D eigenvalue weighted by molar-refractivity contribution is 7.12. The van der Waals surface area contributed by atoms with E-state index < -0.39 is 17.8 Å². The molecule has 2 aromatic carbocycles. The third-order valence-electron chi connectivity index (χ3n) is 8.05. The zero-order valence-electron chi connectivity index (χ0n) is 23.4. The molecule has 1 atom stereocenters. The van der Waals surface area contributed by atoms with Crippen LogP contribution in [0.4, 0.5) is 18.0 Å². The summed E-state index contributed by atoms with van der Waals surface area (Å²) in [5, 5.41) is 16.1. The Kier molecular flexibility index (Phi) is 9.07. The van der Waals surface area contributed by atoms with Crippen molar-refractivity contribution in [2.45, 2.75) is 44.4 Å². The predicted octanol–water partition coefficient (Wildman–Crippen LogP) is 6.04. The Balaban J connectivity index is 1.21. The number of piperidine rings is 1. The largest absolute Gasteiger partial charge is 0.465 e. The third kappa shape index (κ3) is 7.19. The van der Waals surface area contributed by atoms with Crippen molar-refractivity contribution in [3.8, 4) is 11.1 Å². The SMILES string of the molecule is C[C@@H](NC(=O)c1cc(C2CCN(C(=O)C3COC3)CC2)cs1)c1ccc(-c2cc(C(F)(F)F)ccc2CNC(=O)O)cc1. The fourth-order valence-corrected chi connectivity index (χ4v) is 6.30. The maximum absolute atomic E-state index is 13.4. The second-order valence-electron chi connectivity index (χ2n) is 10.9. The summed E-state index contributed by atoms with van der Waals surface area (Å²) in [6.45, 7) is 4.09. The first-order chi connectivity index (χ1) is 20.5. The molecular formula is C31H32F3N3O5S. The number of ether oxygens (including phenoxy) is 1. The molecule has 0 saturated carbocycles. The maximum Gasteiger partial charge on any atom is 0.416 e. The standard InChI is InChI=1S/C31H32F3N3O5S/c1-18(19-2-4-21(5-3-19)26-13-25(31(32,33)34)7-6-22(26)14-35-30(40)41)36-28(38)27-12-23(17-43-27)20-8-10-37(11-9-20)29(39)24-15-42-16-24/h2-7,12-13,17-18,20,24,35H,8-11,14-16H2,1H3,(H,36,38)(H,40,41)/t18-/m1/s1. The molecule has 0 bridgehead atoms. The zero-order valence-corrected chi connectivity index (χ0v) is 24.3. The minimum atomic E-state index is -4.55. The van der Waals surface area contributed by atoms with Crippen LogP contribution in [0, 0.1) is 5.92 Å². The molecule has 2 aliphatic rings. The molecule has 3 heterocycles. The topological polar surface area (TPSA) is 108 Å². The average molecular weight is 616 g/mol. The molecule has 0 unspecified atom stereocenters. The number of thiophene rings is 1. The van der Waals surface area contributed by atoms with E-state index in [2.05, 4.69) is 10.6 Å². The van der Waals surface area contributed by atoms with Crippen LogP contribution in [0.15, 0.2) is 53.9 Å². The Hall–Kier alpha value is -3.90. The van der Waals surface area contributed by atoms with Crippen molar-refractivity contribution in [2.75, 3.05) is 26.3 Å². The summed E-state index contributed by atoms with van der Waals surface area (Å²) >= 11 is 1.38. The van der Waals surface area contributed by atoms with Crippen molar-refractivity contribution >= 4 is 29.2 Å². The van der Waals surface area contributed by atoms with Gasteiger partial charge in [-0.25, -0.2) is 4.79 Å². The van der Waals surface area contributed by atoms with Gasteiger partial charge in [-0.05, 0) is 77.1 Å². The number of carbonyl (C=O) groups is 3. The lowest BCUT2D eigenvalue weighted by atomic mass is 9.90. The molecule has 0 spiro atoms. The number of alkyl halides is 3. The molecule has 3 aromatic rings. The van der Waals surface area contributed by atoms with E-state index in [4.69, 9.17) is 9.84 Å². The molecule has 2 saturated heterocycles. The van der Waals surface area contributed by atoms with Gasteiger partial charge in [0.05, 0.1) is 35.6 Å². The van der Waals surface area contributed by atoms with Crippen LogP contribution < -0.4 is 10.6 Å². The Labute approximate surface area is 250 Å². The van der Waals surface area contributed by atoms with Crippen molar-refractivity contribution in [2.24, 2.45) is 5.92 Å². The van der Waals surface area contributed by atoms with Crippen LogP contribution in [0.3, 0.4) is 0 Å². The highest BCUT2D eigenvalue weighted by Crippen LogP contribution is 2.35. The fourth-order valence-electron chi connectivity index (χ4n) is 5.40. The molecule has 228 valence electrons. The first-order valence-electron chi connectivity index (χ1n) is 14.0. The van der Waals surface area contributed by atoms with Gasteiger partial charge in [-0.3, -0.25) is 9.59 Å². The lowest BCUT2D eigenvalue weighted by Gasteiger charge is -2.36. The maximum atomic E-state index is 13.4. The van der Waals surface area contributed by atoms with E-state index in [-0.39, 0.29) is 41.8 Å². The quantitative estimate of drug-likeness (QED) is 0.286. The first kappa shape index (κ1) is 30.6. The van der Waals surface area contributed by atoms with Gasteiger partial charge >= 0.3 is 12.3 Å². The summed E-state index contributed by atoms with van der Waals surface area (Å²) in [5.41, 5.74) is 2.20. The molecule has 3 amide bonds. The lowest BCUT2D eigenvalue weighted by Crippen LogP contribution is -2.47. The average Bonchev–Trinajstić information content (AvgIpc) is 3.45. The molecule has 5 rings (SSSR count). The lowest BCUT2D eigenvalue weighted by molar-refractivity contribution is -0.151. The van der Waals surface area contributed by atoms with Gasteiger partial charge in [-0.15, -0.1) is 11.3 Å². The predicted molar refractivity (Wildman–Crippen MR) is 155 cm³/mol. The summed E-state index contributed by atoms with van der Waals surface area (Å²) in [5.74, 6) is 0.231. The Morgan fingerprint density at radius 2 is 1.77 bits per heavy atom. The molecular weight excluding hydrogens is 583 g/mol. The molecule has 2 fully saturated rings. The molecule has 43 heavy (non-hydrogen) atoms. The molecule has 1 aromatic heterocycles. The van der Waals surface area contributed by atoms with E-state index >= 15 is 0 Å². The second kappa shape index (κ2) is 12.8. The summed E-state index contributed by atoms with van der Waals surface area (Å²) < 4.78 is 45.3. The zero-order chi connectivity index (χ0) is 30.7. The van der Waals surface area contributed by atoms with E-state index in [1.165, 1.54) is 17.4 Å². The van der Waals surface area contributed by atoms with E-state index in [1.54, 1.807) is 24.3 Å². The van der Waals surface area contributed by atoms with Crippen molar-refractivity contribution < 1.29 is 37.4 Å². The Morgan fingerprint density at radius 1 is 1.07 bits per heavy atom. The smallest absolute Gasteiger partial charge is 0.416 e. The van der Waals surface area contributed by atoms with Gasteiger partial charge in [0, 0.05) is 19.6 Å². The van der Waals surface area contributed by atoms with Crippen LogP contribution >= 0.6 is 11.3 Å². The summed E-state index contributed by atoms with van der Waals surface area (Å²) in [6, 6.07) is 11.6. The highest BCUT2D eigenvalue weighted by atomic mass is 32.1.